The Labute approximate surface area is 130 Å². The fourth-order valence-corrected chi connectivity index (χ4v) is 2.93. The van der Waals surface area contributed by atoms with Gasteiger partial charge in [-0.1, -0.05) is 73.2 Å². The van der Waals surface area contributed by atoms with Crippen LogP contribution < -0.4 is 0 Å². The van der Waals surface area contributed by atoms with Crippen molar-refractivity contribution in [2.24, 2.45) is 0 Å². The summed E-state index contributed by atoms with van der Waals surface area (Å²) >= 11 is 3.49. The molecule has 20 heavy (non-hydrogen) atoms. The van der Waals surface area contributed by atoms with E-state index in [1.165, 1.54) is 36.5 Å². The highest BCUT2D eigenvalue weighted by Gasteiger charge is 2.08. The summed E-state index contributed by atoms with van der Waals surface area (Å²) in [4.78, 5) is 0. The fourth-order valence-electron chi connectivity index (χ4n) is 2.55. The minimum atomic E-state index is -0.329. The van der Waals surface area contributed by atoms with Gasteiger partial charge in [0, 0.05) is 4.47 Å². The fraction of sp³-hybridized carbons (Fsp3) is 0.444. The van der Waals surface area contributed by atoms with E-state index in [0.717, 1.165) is 22.9 Å². The second-order valence-corrected chi connectivity index (χ2v) is 6.39. The smallest absolute Gasteiger partial charge is 0.0790 e. The molecular weight excluding hydrogens is 312 g/mol. The van der Waals surface area contributed by atoms with Crippen LogP contribution >= 0.6 is 15.9 Å². The number of benzene rings is 2. The topological polar surface area (TPSA) is 20.2 Å². The van der Waals surface area contributed by atoms with Crippen LogP contribution in [0.25, 0.3) is 10.8 Å². The molecule has 2 aromatic carbocycles. The van der Waals surface area contributed by atoms with E-state index in [0.29, 0.717) is 0 Å². The highest BCUT2D eigenvalue weighted by atomic mass is 79.9. The van der Waals surface area contributed by atoms with Gasteiger partial charge < -0.3 is 5.11 Å². The van der Waals surface area contributed by atoms with Gasteiger partial charge in [-0.3, -0.25) is 0 Å². The van der Waals surface area contributed by atoms with Crippen LogP contribution in [0, 0.1) is 0 Å². The zero-order valence-electron chi connectivity index (χ0n) is 12.1. The molecule has 108 valence electrons. The Morgan fingerprint density at radius 2 is 1.65 bits per heavy atom. The Balaban J connectivity index is 1.96. The summed E-state index contributed by atoms with van der Waals surface area (Å²) in [7, 11) is 0. The predicted molar refractivity (Wildman–Crippen MR) is 90.0 cm³/mol. The van der Waals surface area contributed by atoms with E-state index >= 15 is 0 Å². The largest absolute Gasteiger partial charge is 0.388 e. The number of aliphatic hydroxyl groups excluding tert-OH is 1. The molecule has 1 unspecified atom stereocenters. The molecular formula is C18H23BrO. The lowest BCUT2D eigenvalue weighted by Crippen LogP contribution is -1.97. The van der Waals surface area contributed by atoms with E-state index in [2.05, 4.69) is 47.1 Å². The van der Waals surface area contributed by atoms with Gasteiger partial charge in [-0.05, 0) is 41.0 Å². The third-order valence-electron chi connectivity index (χ3n) is 3.79. The predicted octanol–water partition coefficient (Wildman–Crippen LogP) is 6.00. The van der Waals surface area contributed by atoms with E-state index in [1.807, 2.05) is 12.1 Å². The van der Waals surface area contributed by atoms with E-state index in [-0.39, 0.29) is 6.10 Å². The van der Waals surface area contributed by atoms with Crippen LogP contribution in [-0.2, 0) is 0 Å². The van der Waals surface area contributed by atoms with Gasteiger partial charge in [-0.25, -0.2) is 0 Å². The van der Waals surface area contributed by atoms with Crippen molar-refractivity contribution in [1.82, 2.24) is 0 Å². The monoisotopic (exact) mass is 334 g/mol. The van der Waals surface area contributed by atoms with Gasteiger partial charge in [0.25, 0.3) is 0 Å². The van der Waals surface area contributed by atoms with E-state index in [1.54, 1.807) is 0 Å². The van der Waals surface area contributed by atoms with Crippen molar-refractivity contribution in [3.63, 3.8) is 0 Å². The zero-order chi connectivity index (χ0) is 14.4. The van der Waals surface area contributed by atoms with E-state index < -0.39 is 0 Å². The summed E-state index contributed by atoms with van der Waals surface area (Å²) in [6.45, 7) is 2.22. The highest BCUT2D eigenvalue weighted by molar-refractivity contribution is 9.10. The maximum absolute atomic E-state index is 10.3. The number of halogens is 1. The highest BCUT2D eigenvalue weighted by Crippen LogP contribution is 2.26. The Morgan fingerprint density at radius 3 is 2.45 bits per heavy atom. The molecule has 0 amide bonds. The molecule has 0 saturated heterocycles. The molecule has 0 saturated carbocycles. The Morgan fingerprint density at radius 1 is 0.950 bits per heavy atom. The maximum atomic E-state index is 10.3. The van der Waals surface area contributed by atoms with E-state index in [9.17, 15) is 5.11 Å². The van der Waals surface area contributed by atoms with Gasteiger partial charge in [0.15, 0.2) is 0 Å². The summed E-state index contributed by atoms with van der Waals surface area (Å²) in [5.41, 5.74) is 1.04. The minimum absolute atomic E-state index is 0.329. The van der Waals surface area contributed by atoms with Crippen molar-refractivity contribution < 1.29 is 5.11 Å². The molecule has 1 N–H and O–H groups in total. The van der Waals surface area contributed by atoms with Crippen molar-refractivity contribution in [2.75, 3.05) is 0 Å². The van der Waals surface area contributed by atoms with Crippen LogP contribution in [0.4, 0.5) is 0 Å². The molecule has 2 rings (SSSR count). The Kier molecular flexibility index (Phi) is 6.06. The number of fused-ring (bicyclic) bond motifs is 1. The molecule has 1 atom stereocenters. The quantitative estimate of drug-likeness (QED) is 0.616. The van der Waals surface area contributed by atoms with Gasteiger partial charge in [0.1, 0.15) is 0 Å². The van der Waals surface area contributed by atoms with Crippen LogP contribution in [0.1, 0.15) is 57.1 Å². The lowest BCUT2D eigenvalue weighted by Gasteiger charge is -2.12. The number of unbranched alkanes of at least 4 members (excludes halogenated alkanes) is 4. The average molecular weight is 335 g/mol. The first-order valence-corrected chi connectivity index (χ1v) is 8.37. The van der Waals surface area contributed by atoms with Crippen LogP contribution in [0.3, 0.4) is 0 Å². The van der Waals surface area contributed by atoms with Crippen molar-refractivity contribution in [3.8, 4) is 0 Å². The third kappa shape index (κ3) is 4.32. The van der Waals surface area contributed by atoms with Gasteiger partial charge in [-0.15, -0.1) is 0 Å². The molecule has 0 aliphatic rings. The van der Waals surface area contributed by atoms with E-state index in [4.69, 9.17) is 0 Å². The summed E-state index contributed by atoms with van der Waals surface area (Å²) in [6, 6.07) is 12.5. The van der Waals surface area contributed by atoms with Crippen LogP contribution in [-0.4, -0.2) is 5.11 Å². The molecule has 0 aliphatic heterocycles. The first-order valence-electron chi connectivity index (χ1n) is 7.58. The summed E-state index contributed by atoms with van der Waals surface area (Å²) < 4.78 is 1.09. The molecule has 0 bridgehead atoms. The first kappa shape index (κ1) is 15.5. The molecule has 0 aromatic heterocycles. The van der Waals surface area contributed by atoms with Crippen LogP contribution in [0.5, 0.6) is 0 Å². The lowest BCUT2D eigenvalue weighted by molar-refractivity contribution is 0.163. The molecule has 0 aliphatic carbocycles. The molecule has 0 heterocycles. The van der Waals surface area contributed by atoms with Crippen LogP contribution in [0.15, 0.2) is 40.9 Å². The summed E-state index contributed by atoms with van der Waals surface area (Å²) in [6.07, 6.45) is 6.74. The van der Waals surface area contributed by atoms with Crippen molar-refractivity contribution >= 4 is 26.7 Å². The summed E-state index contributed by atoms with van der Waals surface area (Å²) in [5, 5.41) is 12.7. The Bertz CT molecular complexity index is 550. The molecule has 0 radical (unpaired) electrons. The average Bonchev–Trinajstić information content (AvgIpc) is 2.46. The third-order valence-corrected chi connectivity index (χ3v) is 4.29. The molecule has 1 nitrogen and oxygen atoms in total. The van der Waals surface area contributed by atoms with Gasteiger partial charge >= 0.3 is 0 Å². The number of hydrogen-bond acceptors (Lipinski definition) is 1. The lowest BCUT2D eigenvalue weighted by atomic mass is 9.99. The number of rotatable bonds is 7. The Hall–Kier alpha value is -0.860. The maximum Gasteiger partial charge on any atom is 0.0790 e. The molecule has 0 fully saturated rings. The standard InChI is InChI=1S/C18H23BrO/c1-2-3-4-5-6-7-18(20)16-9-8-15-13-17(19)11-10-14(15)12-16/h8-13,18,20H,2-7H2,1H3. The minimum Gasteiger partial charge on any atom is -0.388 e. The molecule has 2 aromatic rings. The van der Waals surface area contributed by atoms with Crippen LogP contribution in [0.2, 0.25) is 0 Å². The number of aliphatic hydroxyl groups is 1. The number of hydrogen-bond donors (Lipinski definition) is 1. The second kappa shape index (κ2) is 7.80. The zero-order valence-corrected chi connectivity index (χ0v) is 13.7. The SMILES string of the molecule is CCCCCCCC(O)c1ccc2cc(Br)ccc2c1. The molecule has 2 heteroatoms. The normalized spacial score (nSPS) is 12.8. The van der Waals surface area contributed by atoms with Gasteiger partial charge in [-0.2, -0.15) is 0 Å². The van der Waals surface area contributed by atoms with Crippen molar-refractivity contribution in [3.05, 3.63) is 46.4 Å². The first-order chi connectivity index (χ1) is 9.70. The second-order valence-electron chi connectivity index (χ2n) is 5.47. The summed E-state index contributed by atoms with van der Waals surface area (Å²) in [5.74, 6) is 0. The van der Waals surface area contributed by atoms with Gasteiger partial charge in [0.2, 0.25) is 0 Å². The van der Waals surface area contributed by atoms with Gasteiger partial charge in [0.05, 0.1) is 6.10 Å². The van der Waals surface area contributed by atoms with Crippen molar-refractivity contribution in [2.45, 2.75) is 51.6 Å². The molecule has 0 spiro atoms. The van der Waals surface area contributed by atoms with Crippen molar-refractivity contribution in [1.29, 1.82) is 0 Å².